The second-order valence-corrected chi connectivity index (χ2v) is 2.20. The molecule has 34 valence electrons. The predicted molar refractivity (Wildman–Crippen MR) is 30.3 cm³/mol. The molecule has 0 N–H and O–H groups in total. The van der Waals surface area contributed by atoms with Gasteiger partial charge in [-0.25, -0.2) is 0 Å². The van der Waals surface area contributed by atoms with Gasteiger partial charge >= 0.3 is 54.8 Å². The van der Waals surface area contributed by atoms with E-state index in [1.165, 1.54) is 0 Å². The van der Waals surface area contributed by atoms with Crippen molar-refractivity contribution < 1.29 is 0 Å². The van der Waals surface area contributed by atoms with Gasteiger partial charge in [0.2, 0.25) is 0 Å². The summed E-state index contributed by atoms with van der Waals surface area (Å²) in [7, 11) is 0. The zero-order valence-electron chi connectivity index (χ0n) is 3.39. The van der Waals surface area contributed by atoms with E-state index in [4.69, 9.17) is 0 Å². The van der Waals surface area contributed by atoms with E-state index < -0.39 is 0 Å². The van der Waals surface area contributed by atoms with Crippen molar-refractivity contribution in [2.45, 2.75) is 10.6 Å². The van der Waals surface area contributed by atoms with E-state index in [1.54, 1.807) is 0 Å². The molecule has 0 saturated heterocycles. The van der Waals surface area contributed by atoms with Crippen molar-refractivity contribution in [2.24, 2.45) is 0 Å². The zero-order valence-corrected chi connectivity index (χ0v) is 6.81. The Morgan fingerprint density at radius 1 is 1.00 bits per heavy atom. The molecule has 0 aliphatic rings. The second kappa shape index (κ2) is 5.78. The molecule has 0 fully saturated rings. The normalized spacial score (nSPS) is 10.3. The van der Waals surface area contributed by atoms with Crippen molar-refractivity contribution in [3.05, 3.63) is 12.2 Å². The SMILES string of the molecule is [Se]C/C=C/C[Se]. The van der Waals surface area contributed by atoms with Gasteiger partial charge in [-0.1, -0.05) is 0 Å². The van der Waals surface area contributed by atoms with Crippen LogP contribution in [0.15, 0.2) is 12.2 Å². The van der Waals surface area contributed by atoms with Crippen molar-refractivity contribution in [3.63, 3.8) is 0 Å². The monoisotopic (exact) mass is 214 g/mol. The predicted octanol–water partition coefficient (Wildman–Crippen LogP) is 0.716. The Labute approximate surface area is 55.0 Å². The Hall–Kier alpha value is 0.779. The third-order valence-corrected chi connectivity index (χ3v) is 1.17. The van der Waals surface area contributed by atoms with Crippen LogP contribution in [0, 0.1) is 0 Å². The first-order valence-electron chi connectivity index (χ1n) is 1.73. The molecule has 0 aromatic heterocycles. The fourth-order valence-electron chi connectivity index (χ4n) is 0.136. The first kappa shape index (κ1) is 6.78. The molecule has 6 heavy (non-hydrogen) atoms. The number of hydrogen-bond donors (Lipinski definition) is 0. The fraction of sp³-hybridized carbons (Fsp3) is 0.500. The average molecular weight is 212 g/mol. The molecule has 0 aliphatic carbocycles. The van der Waals surface area contributed by atoms with Crippen LogP contribution >= 0.6 is 0 Å². The summed E-state index contributed by atoms with van der Waals surface area (Å²) in [6.07, 6.45) is 4.19. The van der Waals surface area contributed by atoms with E-state index in [9.17, 15) is 0 Å². The van der Waals surface area contributed by atoms with E-state index in [1.807, 2.05) is 0 Å². The third kappa shape index (κ3) is 4.78. The van der Waals surface area contributed by atoms with Gasteiger partial charge in [0.25, 0.3) is 0 Å². The Kier molecular flexibility index (Phi) is 6.53. The molecule has 0 bridgehead atoms. The summed E-state index contributed by atoms with van der Waals surface area (Å²) in [5, 5.41) is 2.06. The molecule has 0 amide bonds. The van der Waals surface area contributed by atoms with E-state index >= 15 is 0 Å². The van der Waals surface area contributed by atoms with Crippen LogP contribution in [0.4, 0.5) is 0 Å². The fourth-order valence-corrected chi connectivity index (χ4v) is 0.707. The molecule has 0 aliphatic heterocycles. The van der Waals surface area contributed by atoms with E-state index in [0.717, 1.165) is 10.6 Å². The Morgan fingerprint density at radius 2 is 1.33 bits per heavy atom. The Morgan fingerprint density at radius 3 is 1.50 bits per heavy atom. The van der Waals surface area contributed by atoms with Crippen molar-refractivity contribution in [2.75, 3.05) is 0 Å². The van der Waals surface area contributed by atoms with Crippen molar-refractivity contribution in [1.82, 2.24) is 0 Å². The number of rotatable bonds is 2. The molecule has 0 saturated carbocycles. The molecule has 0 nitrogen and oxygen atoms in total. The van der Waals surface area contributed by atoms with Gasteiger partial charge in [-0.05, 0) is 0 Å². The molecule has 0 aromatic carbocycles. The molecule has 0 atom stereocenters. The summed E-state index contributed by atoms with van der Waals surface area (Å²) in [4.78, 5) is 0. The number of hydrogen-bond acceptors (Lipinski definition) is 0. The van der Waals surface area contributed by atoms with Crippen LogP contribution in [0.2, 0.25) is 10.6 Å². The minimum absolute atomic E-state index is 1.03. The zero-order chi connectivity index (χ0) is 4.83. The minimum atomic E-state index is 1.03. The summed E-state index contributed by atoms with van der Waals surface area (Å²) < 4.78 is 0. The summed E-state index contributed by atoms with van der Waals surface area (Å²) in [6.45, 7) is 0. The van der Waals surface area contributed by atoms with Crippen molar-refractivity contribution >= 4 is 32.0 Å². The molecule has 2 radical (unpaired) electrons. The summed E-state index contributed by atoms with van der Waals surface area (Å²) in [6, 6.07) is 0. The van der Waals surface area contributed by atoms with E-state index in [0.29, 0.717) is 0 Å². The van der Waals surface area contributed by atoms with Gasteiger partial charge in [-0.2, -0.15) is 0 Å². The summed E-state index contributed by atoms with van der Waals surface area (Å²) in [5.74, 6) is 0. The van der Waals surface area contributed by atoms with Crippen LogP contribution < -0.4 is 0 Å². The average Bonchev–Trinajstić information content (AvgIpc) is 1.61. The van der Waals surface area contributed by atoms with E-state index in [-0.39, 0.29) is 0 Å². The van der Waals surface area contributed by atoms with Crippen LogP contribution in [-0.2, 0) is 0 Å². The van der Waals surface area contributed by atoms with Crippen molar-refractivity contribution in [3.8, 4) is 0 Å². The van der Waals surface area contributed by atoms with Gasteiger partial charge < -0.3 is 0 Å². The quantitative estimate of drug-likeness (QED) is 0.467. The third-order valence-electron chi connectivity index (χ3n) is 0.359. The van der Waals surface area contributed by atoms with Gasteiger partial charge in [-0.3, -0.25) is 0 Å². The molecular weight excluding hydrogens is 206 g/mol. The van der Waals surface area contributed by atoms with Crippen molar-refractivity contribution in [1.29, 1.82) is 0 Å². The molecule has 0 unspecified atom stereocenters. The Balaban J connectivity index is 2.73. The molecule has 0 rings (SSSR count). The summed E-state index contributed by atoms with van der Waals surface area (Å²) >= 11 is 5.75. The standard InChI is InChI=1S/C4H6Se2/c5-3-1-2-4-6/h1-2H,3-4H2/b2-1+. The maximum absolute atomic E-state index is 2.88. The Bertz CT molecular complexity index is 34.8. The summed E-state index contributed by atoms with van der Waals surface area (Å²) in [5.41, 5.74) is 0. The first-order chi connectivity index (χ1) is 2.91. The van der Waals surface area contributed by atoms with Crippen LogP contribution in [0.5, 0.6) is 0 Å². The van der Waals surface area contributed by atoms with Crippen LogP contribution in [0.1, 0.15) is 0 Å². The molecule has 2 heteroatoms. The van der Waals surface area contributed by atoms with Gasteiger partial charge in [0.15, 0.2) is 0 Å². The molecular formula is C4H6Se2. The van der Waals surface area contributed by atoms with E-state index in [2.05, 4.69) is 44.2 Å². The molecule has 0 aromatic rings. The topological polar surface area (TPSA) is 0 Å². The first-order valence-corrected chi connectivity index (χ1v) is 4.15. The second-order valence-electron chi connectivity index (χ2n) is 0.805. The van der Waals surface area contributed by atoms with Crippen LogP contribution in [0.25, 0.3) is 0 Å². The van der Waals surface area contributed by atoms with Gasteiger partial charge in [0.1, 0.15) is 0 Å². The maximum atomic E-state index is 2.88. The van der Waals surface area contributed by atoms with Crippen LogP contribution in [0.3, 0.4) is 0 Å². The van der Waals surface area contributed by atoms with Gasteiger partial charge in [-0.15, -0.1) is 0 Å². The van der Waals surface area contributed by atoms with Crippen LogP contribution in [-0.4, -0.2) is 32.0 Å². The van der Waals surface area contributed by atoms with Gasteiger partial charge in [0.05, 0.1) is 0 Å². The molecule has 0 spiro atoms. The number of allylic oxidation sites excluding steroid dienone is 2. The van der Waals surface area contributed by atoms with Gasteiger partial charge in [0, 0.05) is 0 Å². The molecule has 0 heterocycles.